The normalized spacial score (nSPS) is 12.6. The predicted octanol–water partition coefficient (Wildman–Crippen LogP) is 6.85. The summed E-state index contributed by atoms with van der Waals surface area (Å²) in [6.07, 6.45) is 3.21. The van der Waals surface area contributed by atoms with Gasteiger partial charge in [0.15, 0.2) is 11.6 Å². The van der Waals surface area contributed by atoms with E-state index in [1.807, 2.05) is 12.1 Å². The van der Waals surface area contributed by atoms with Crippen LogP contribution in [0.25, 0.3) is 28.4 Å². The van der Waals surface area contributed by atoms with Crippen LogP contribution in [0.4, 0.5) is 0 Å². The van der Waals surface area contributed by atoms with E-state index in [9.17, 15) is 9.59 Å². The first-order chi connectivity index (χ1) is 14.0. The highest BCUT2D eigenvalue weighted by Crippen LogP contribution is 2.40. The molecule has 0 bridgehead atoms. The third kappa shape index (κ3) is 2.91. The number of furan rings is 1. The molecule has 0 saturated carbocycles. The zero-order valence-corrected chi connectivity index (χ0v) is 16.4. The number of hydrogen-bond acceptors (Lipinski definition) is 3. The molecule has 0 radical (unpaired) electrons. The first kappa shape index (κ1) is 17.9. The fraction of sp³-hybridized carbons (Fsp3) is 0. The fourth-order valence-corrected chi connectivity index (χ4v) is 3.89. The number of benzene rings is 3. The van der Waals surface area contributed by atoms with Gasteiger partial charge in [-0.3, -0.25) is 9.59 Å². The van der Waals surface area contributed by atoms with Crippen molar-refractivity contribution >= 4 is 51.8 Å². The SMILES string of the molecule is O=C(c1ccc(Cl)cc1)c1ccc2oc(-c3ccc(Cl)cc3)c3c2c1C(=O)C=C3. The molecule has 5 heteroatoms. The first-order valence-corrected chi connectivity index (χ1v) is 9.66. The Morgan fingerprint density at radius 1 is 0.793 bits per heavy atom. The van der Waals surface area contributed by atoms with Crippen molar-refractivity contribution < 1.29 is 14.0 Å². The number of allylic oxidation sites excluding steroid dienone is 1. The number of rotatable bonds is 3. The third-order valence-corrected chi connectivity index (χ3v) is 5.50. The molecule has 4 aromatic rings. The fourth-order valence-electron chi connectivity index (χ4n) is 3.63. The van der Waals surface area contributed by atoms with Crippen LogP contribution >= 0.6 is 23.2 Å². The molecule has 3 aromatic carbocycles. The molecule has 3 nitrogen and oxygen atoms in total. The van der Waals surface area contributed by atoms with Gasteiger partial charge in [-0.1, -0.05) is 23.2 Å². The third-order valence-electron chi connectivity index (χ3n) is 5.00. The molecular weight excluding hydrogens is 407 g/mol. The highest BCUT2D eigenvalue weighted by molar-refractivity contribution is 6.31. The molecule has 1 aromatic heterocycles. The summed E-state index contributed by atoms with van der Waals surface area (Å²) in [6.45, 7) is 0. The van der Waals surface area contributed by atoms with Crippen LogP contribution in [0.5, 0.6) is 0 Å². The van der Waals surface area contributed by atoms with Crippen molar-refractivity contribution in [1.29, 1.82) is 0 Å². The van der Waals surface area contributed by atoms with Gasteiger partial charge in [0.25, 0.3) is 0 Å². The number of carbonyl (C=O) groups is 2. The minimum absolute atomic E-state index is 0.219. The second-order valence-corrected chi connectivity index (χ2v) is 7.62. The molecule has 0 spiro atoms. The van der Waals surface area contributed by atoms with Crippen LogP contribution in [0.2, 0.25) is 10.0 Å². The molecule has 0 amide bonds. The van der Waals surface area contributed by atoms with Crippen molar-refractivity contribution in [2.45, 2.75) is 0 Å². The Morgan fingerprint density at radius 2 is 1.45 bits per heavy atom. The van der Waals surface area contributed by atoms with E-state index in [4.69, 9.17) is 27.6 Å². The second-order valence-electron chi connectivity index (χ2n) is 6.75. The summed E-state index contributed by atoms with van der Waals surface area (Å²) < 4.78 is 6.07. The predicted molar refractivity (Wildman–Crippen MR) is 115 cm³/mol. The van der Waals surface area contributed by atoms with Crippen LogP contribution in [0.3, 0.4) is 0 Å². The standard InChI is InChI=1S/C24H12Cl2O3/c25-15-5-1-13(2-6-15)23(28)17-10-12-20-22-18(9-11-19(27)21(17)22)24(29-20)14-3-7-16(26)8-4-14/h1-12H. The molecule has 29 heavy (non-hydrogen) atoms. The number of halogens is 2. The van der Waals surface area contributed by atoms with E-state index >= 15 is 0 Å². The highest BCUT2D eigenvalue weighted by atomic mass is 35.5. The van der Waals surface area contributed by atoms with Gasteiger partial charge in [-0.25, -0.2) is 0 Å². The maximum absolute atomic E-state index is 13.1. The Morgan fingerprint density at radius 3 is 2.14 bits per heavy atom. The van der Waals surface area contributed by atoms with Crippen molar-refractivity contribution in [3.05, 3.63) is 99.0 Å². The van der Waals surface area contributed by atoms with E-state index in [0.29, 0.717) is 43.5 Å². The molecule has 0 saturated heterocycles. The van der Waals surface area contributed by atoms with Crippen molar-refractivity contribution in [3.8, 4) is 11.3 Å². The van der Waals surface area contributed by atoms with Crippen LogP contribution in [0, 0.1) is 0 Å². The smallest absolute Gasteiger partial charge is 0.193 e. The Balaban J connectivity index is 1.73. The largest absolute Gasteiger partial charge is 0.455 e. The summed E-state index contributed by atoms with van der Waals surface area (Å²) in [5.41, 5.74) is 3.36. The first-order valence-electron chi connectivity index (χ1n) is 8.91. The minimum Gasteiger partial charge on any atom is -0.455 e. The van der Waals surface area contributed by atoms with Gasteiger partial charge < -0.3 is 4.42 Å². The lowest BCUT2D eigenvalue weighted by atomic mass is 9.88. The van der Waals surface area contributed by atoms with Gasteiger partial charge >= 0.3 is 0 Å². The summed E-state index contributed by atoms with van der Waals surface area (Å²) in [6, 6.07) is 17.3. The van der Waals surface area contributed by atoms with Crippen molar-refractivity contribution in [3.63, 3.8) is 0 Å². The topological polar surface area (TPSA) is 47.3 Å². The van der Waals surface area contributed by atoms with Crippen LogP contribution in [-0.4, -0.2) is 11.6 Å². The number of carbonyl (C=O) groups excluding carboxylic acids is 2. The number of ketones is 2. The summed E-state index contributed by atoms with van der Waals surface area (Å²) in [5, 5.41) is 1.82. The van der Waals surface area contributed by atoms with Gasteiger partial charge in [-0.2, -0.15) is 0 Å². The van der Waals surface area contributed by atoms with Gasteiger partial charge in [0.05, 0.1) is 0 Å². The van der Waals surface area contributed by atoms with Crippen LogP contribution in [0.15, 0.2) is 71.2 Å². The lowest BCUT2D eigenvalue weighted by Gasteiger charge is -2.11. The van der Waals surface area contributed by atoms with Crippen LogP contribution in [0.1, 0.15) is 31.8 Å². The molecule has 0 unspecified atom stereocenters. The van der Waals surface area contributed by atoms with Crippen molar-refractivity contribution in [2.24, 2.45) is 0 Å². The molecule has 0 fully saturated rings. The molecular formula is C24H12Cl2O3. The average molecular weight is 419 g/mol. The molecule has 1 aliphatic carbocycles. The van der Waals surface area contributed by atoms with Crippen molar-refractivity contribution in [1.82, 2.24) is 0 Å². The van der Waals surface area contributed by atoms with Gasteiger partial charge in [-0.05, 0) is 72.8 Å². The van der Waals surface area contributed by atoms with Crippen molar-refractivity contribution in [2.75, 3.05) is 0 Å². The van der Waals surface area contributed by atoms with Gasteiger partial charge in [0.1, 0.15) is 11.3 Å². The summed E-state index contributed by atoms with van der Waals surface area (Å²) in [5.74, 6) is 0.184. The minimum atomic E-state index is -0.234. The zero-order chi connectivity index (χ0) is 20.1. The van der Waals surface area contributed by atoms with Crippen LogP contribution in [-0.2, 0) is 0 Å². The van der Waals surface area contributed by atoms with E-state index in [1.54, 1.807) is 54.6 Å². The molecule has 5 rings (SSSR count). The number of hydrogen-bond donors (Lipinski definition) is 0. The average Bonchev–Trinajstić information content (AvgIpc) is 3.11. The quantitative estimate of drug-likeness (QED) is 0.341. The van der Waals surface area contributed by atoms with Crippen LogP contribution < -0.4 is 0 Å². The lowest BCUT2D eigenvalue weighted by molar-refractivity contribution is 0.101. The maximum atomic E-state index is 13.1. The van der Waals surface area contributed by atoms with E-state index in [0.717, 1.165) is 11.1 Å². The van der Waals surface area contributed by atoms with Gasteiger partial charge in [0.2, 0.25) is 0 Å². The lowest BCUT2D eigenvalue weighted by Crippen LogP contribution is -2.11. The molecule has 140 valence electrons. The van der Waals surface area contributed by atoms with E-state index in [2.05, 4.69) is 0 Å². The summed E-state index contributed by atoms with van der Waals surface area (Å²) in [7, 11) is 0. The Bertz CT molecular complexity index is 1330. The Kier molecular flexibility index (Phi) is 4.16. The van der Waals surface area contributed by atoms with E-state index < -0.39 is 0 Å². The molecule has 1 aliphatic rings. The monoisotopic (exact) mass is 418 g/mol. The Labute approximate surface area is 176 Å². The maximum Gasteiger partial charge on any atom is 0.193 e. The van der Waals surface area contributed by atoms with Gasteiger partial charge in [-0.15, -0.1) is 0 Å². The highest BCUT2D eigenvalue weighted by Gasteiger charge is 2.28. The molecule has 0 aliphatic heterocycles. The Hall–Kier alpha value is -3.14. The summed E-state index contributed by atoms with van der Waals surface area (Å²) in [4.78, 5) is 25.9. The van der Waals surface area contributed by atoms with E-state index in [1.165, 1.54) is 6.08 Å². The van der Waals surface area contributed by atoms with Gasteiger partial charge in [0, 0.05) is 43.2 Å². The summed E-state index contributed by atoms with van der Waals surface area (Å²) >= 11 is 11.9. The second kappa shape index (κ2) is 6.73. The zero-order valence-electron chi connectivity index (χ0n) is 14.9. The molecule has 0 N–H and O–H groups in total. The molecule has 0 atom stereocenters. The molecule has 1 heterocycles. The van der Waals surface area contributed by atoms with E-state index in [-0.39, 0.29) is 11.6 Å².